The number of hydrogen-bond acceptors (Lipinski definition) is 5. The van der Waals surface area contributed by atoms with Crippen LogP contribution < -0.4 is 10.2 Å². The van der Waals surface area contributed by atoms with Gasteiger partial charge < -0.3 is 20.1 Å². The molecule has 2 atom stereocenters. The van der Waals surface area contributed by atoms with E-state index in [4.69, 9.17) is 4.74 Å². The third-order valence-electron chi connectivity index (χ3n) is 4.95. The van der Waals surface area contributed by atoms with Crippen molar-refractivity contribution in [3.8, 4) is 0 Å². The van der Waals surface area contributed by atoms with Gasteiger partial charge in [0.15, 0.2) is 0 Å². The summed E-state index contributed by atoms with van der Waals surface area (Å²) in [6.07, 6.45) is 1.62. The quantitative estimate of drug-likeness (QED) is 0.861. The van der Waals surface area contributed by atoms with Gasteiger partial charge in [0.2, 0.25) is 0 Å². The van der Waals surface area contributed by atoms with Crippen molar-refractivity contribution in [2.45, 2.75) is 51.3 Å². The predicted molar refractivity (Wildman–Crippen MR) is 100 cm³/mol. The normalized spacial score (nSPS) is 22.3. The molecule has 2 N–H and O–H groups in total. The van der Waals surface area contributed by atoms with E-state index < -0.39 is 11.6 Å². The van der Waals surface area contributed by atoms with Crippen LogP contribution in [0.2, 0.25) is 0 Å². The van der Waals surface area contributed by atoms with Crippen LogP contribution in [-0.4, -0.2) is 59.9 Å². The molecule has 0 radical (unpaired) electrons. The van der Waals surface area contributed by atoms with Crippen molar-refractivity contribution in [2.24, 2.45) is 0 Å². The molecule has 2 bridgehead atoms. The SMILES string of the molecule is CNc1c(C(=O)O)cccc1N1C[C@H]2CC[C@@H](C1)N2C(=O)OC(C)(C)C. The molecule has 7 nitrogen and oxygen atoms in total. The number of rotatable bonds is 3. The summed E-state index contributed by atoms with van der Waals surface area (Å²) >= 11 is 0. The summed E-state index contributed by atoms with van der Waals surface area (Å²) in [4.78, 5) is 28.1. The van der Waals surface area contributed by atoms with Gasteiger partial charge in [-0.1, -0.05) is 6.07 Å². The minimum Gasteiger partial charge on any atom is -0.478 e. The maximum absolute atomic E-state index is 12.6. The van der Waals surface area contributed by atoms with Crippen molar-refractivity contribution in [3.05, 3.63) is 23.8 Å². The Hall–Kier alpha value is -2.44. The van der Waals surface area contributed by atoms with Crippen LogP contribution in [0, 0.1) is 0 Å². The Morgan fingerprint density at radius 1 is 1.19 bits per heavy atom. The van der Waals surface area contributed by atoms with Crippen LogP contribution in [0.5, 0.6) is 0 Å². The van der Waals surface area contributed by atoms with E-state index in [0.29, 0.717) is 18.8 Å². The van der Waals surface area contributed by atoms with Gasteiger partial charge in [-0.25, -0.2) is 9.59 Å². The van der Waals surface area contributed by atoms with Crippen LogP contribution in [0.4, 0.5) is 16.2 Å². The van der Waals surface area contributed by atoms with Crippen LogP contribution in [0.25, 0.3) is 0 Å². The fourth-order valence-electron chi connectivity index (χ4n) is 3.96. The van der Waals surface area contributed by atoms with Crippen LogP contribution in [0.1, 0.15) is 44.0 Å². The summed E-state index contributed by atoms with van der Waals surface area (Å²) < 4.78 is 5.57. The molecule has 2 saturated heterocycles. The van der Waals surface area contributed by atoms with E-state index in [-0.39, 0.29) is 23.7 Å². The molecule has 142 valence electrons. The Morgan fingerprint density at radius 2 is 1.81 bits per heavy atom. The third kappa shape index (κ3) is 3.43. The topological polar surface area (TPSA) is 82.1 Å². The maximum atomic E-state index is 12.6. The number of benzene rings is 1. The lowest BCUT2D eigenvalue weighted by molar-refractivity contribution is 0.0123. The summed E-state index contributed by atoms with van der Waals surface area (Å²) in [5, 5.41) is 12.5. The number of amides is 1. The molecule has 3 rings (SSSR count). The zero-order valence-corrected chi connectivity index (χ0v) is 15.8. The summed E-state index contributed by atoms with van der Waals surface area (Å²) in [6, 6.07) is 5.47. The summed E-state index contributed by atoms with van der Waals surface area (Å²) in [7, 11) is 1.73. The number of carbonyl (C=O) groups is 2. The predicted octanol–water partition coefficient (Wildman–Crippen LogP) is 3.01. The summed E-state index contributed by atoms with van der Waals surface area (Å²) in [5.74, 6) is -0.952. The van der Waals surface area contributed by atoms with E-state index in [1.165, 1.54) is 0 Å². The lowest BCUT2D eigenvalue weighted by Crippen LogP contribution is -2.56. The first kappa shape index (κ1) is 18.4. The van der Waals surface area contributed by atoms with Gasteiger partial charge >= 0.3 is 12.1 Å². The molecule has 2 heterocycles. The standard InChI is InChI=1S/C19H27N3O4/c1-19(2,3)26-18(25)22-12-8-9-13(22)11-21(10-12)15-7-5-6-14(17(23)24)16(15)20-4/h5-7,12-13,20H,8-11H2,1-4H3,(H,23,24)/t12-,13+. The lowest BCUT2D eigenvalue weighted by Gasteiger charge is -2.42. The number of para-hydroxylation sites is 1. The van der Waals surface area contributed by atoms with E-state index in [2.05, 4.69) is 10.2 Å². The number of nitrogens with zero attached hydrogens (tertiary/aromatic N) is 2. The van der Waals surface area contributed by atoms with E-state index >= 15 is 0 Å². The second-order valence-corrected chi connectivity index (χ2v) is 7.93. The molecule has 2 aliphatic heterocycles. The van der Waals surface area contributed by atoms with Crippen LogP contribution in [-0.2, 0) is 4.74 Å². The van der Waals surface area contributed by atoms with Crippen molar-refractivity contribution in [1.82, 2.24) is 4.90 Å². The van der Waals surface area contributed by atoms with E-state index in [1.807, 2.05) is 31.7 Å². The zero-order valence-electron chi connectivity index (χ0n) is 15.8. The highest BCUT2D eigenvalue weighted by Crippen LogP contribution is 2.37. The van der Waals surface area contributed by atoms with E-state index in [1.54, 1.807) is 19.2 Å². The summed E-state index contributed by atoms with van der Waals surface area (Å²) in [5.41, 5.74) is 1.23. The molecule has 2 fully saturated rings. The van der Waals surface area contributed by atoms with Gasteiger partial charge in [-0.05, 0) is 45.7 Å². The van der Waals surface area contributed by atoms with E-state index in [9.17, 15) is 14.7 Å². The number of carboxylic acids is 1. The highest BCUT2D eigenvalue weighted by molar-refractivity contribution is 5.98. The monoisotopic (exact) mass is 361 g/mol. The number of hydrogen-bond donors (Lipinski definition) is 2. The number of nitrogens with one attached hydrogen (secondary N) is 1. The Labute approximate surface area is 153 Å². The molecule has 2 aliphatic rings. The molecule has 0 spiro atoms. The van der Waals surface area contributed by atoms with Gasteiger partial charge in [-0.2, -0.15) is 0 Å². The van der Waals surface area contributed by atoms with Gasteiger partial charge in [0.25, 0.3) is 0 Å². The molecule has 1 aromatic carbocycles. The number of aromatic carboxylic acids is 1. The summed E-state index contributed by atoms with van der Waals surface area (Å²) in [6.45, 7) is 6.97. The number of piperazine rings is 1. The Kier molecular flexibility index (Phi) is 4.73. The van der Waals surface area contributed by atoms with Crippen molar-refractivity contribution < 1.29 is 19.4 Å². The van der Waals surface area contributed by atoms with Gasteiger partial charge in [-0.3, -0.25) is 4.90 Å². The smallest absolute Gasteiger partial charge is 0.410 e. The fourth-order valence-corrected chi connectivity index (χ4v) is 3.96. The van der Waals surface area contributed by atoms with Gasteiger partial charge in [0, 0.05) is 20.1 Å². The molecule has 0 aromatic heterocycles. The van der Waals surface area contributed by atoms with E-state index in [0.717, 1.165) is 18.5 Å². The lowest BCUT2D eigenvalue weighted by atomic mass is 10.1. The minimum absolute atomic E-state index is 0.0850. The average molecular weight is 361 g/mol. The molecular formula is C19H27N3O4. The molecular weight excluding hydrogens is 334 g/mol. The molecule has 0 unspecified atom stereocenters. The molecule has 0 saturated carbocycles. The van der Waals surface area contributed by atoms with Crippen LogP contribution >= 0.6 is 0 Å². The number of fused-ring (bicyclic) bond motifs is 2. The largest absolute Gasteiger partial charge is 0.478 e. The first-order valence-corrected chi connectivity index (χ1v) is 9.01. The third-order valence-corrected chi connectivity index (χ3v) is 4.95. The van der Waals surface area contributed by atoms with Gasteiger partial charge in [0.1, 0.15) is 5.60 Å². The first-order valence-electron chi connectivity index (χ1n) is 9.01. The van der Waals surface area contributed by atoms with Crippen LogP contribution in [0.15, 0.2) is 18.2 Å². The van der Waals surface area contributed by atoms with Gasteiger partial charge in [0.05, 0.1) is 29.0 Å². The molecule has 1 aromatic rings. The highest BCUT2D eigenvalue weighted by Gasteiger charge is 2.44. The fraction of sp³-hybridized carbons (Fsp3) is 0.579. The molecule has 7 heteroatoms. The Balaban J connectivity index is 1.83. The van der Waals surface area contributed by atoms with Crippen LogP contribution in [0.3, 0.4) is 0 Å². The Bertz CT molecular complexity index is 699. The molecule has 1 amide bonds. The number of anilines is 2. The molecule has 0 aliphatic carbocycles. The molecule has 26 heavy (non-hydrogen) atoms. The first-order chi connectivity index (χ1) is 12.2. The van der Waals surface area contributed by atoms with Crippen molar-refractivity contribution in [2.75, 3.05) is 30.4 Å². The average Bonchev–Trinajstić information content (AvgIpc) is 2.82. The highest BCUT2D eigenvalue weighted by atomic mass is 16.6. The van der Waals surface area contributed by atoms with Crippen molar-refractivity contribution in [1.29, 1.82) is 0 Å². The maximum Gasteiger partial charge on any atom is 0.410 e. The number of carboxylic acid groups (broad SMARTS) is 1. The zero-order chi connectivity index (χ0) is 19.1. The Morgan fingerprint density at radius 3 is 2.31 bits per heavy atom. The minimum atomic E-state index is -0.952. The second-order valence-electron chi connectivity index (χ2n) is 7.93. The second kappa shape index (κ2) is 6.70. The number of carbonyl (C=O) groups excluding carboxylic acids is 1. The van der Waals surface area contributed by atoms with Crippen molar-refractivity contribution >= 4 is 23.4 Å². The number of ether oxygens (including phenoxy) is 1. The van der Waals surface area contributed by atoms with Crippen molar-refractivity contribution in [3.63, 3.8) is 0 Å². The van der Waals surface area contributed by atoms with Gasteiger partial charge in [-0.15, -0.1) is 0 Å².